The average molecular weight is 210 g/mol. The summed E-state index contributed by atoms with van der Waals surface area (Å²) in [5, 5.41) is 0. The summed E-state index contributed by atoms with van der Waals surface area (Å²) in [6.45, 7) is 8.11. The number of carbonyl (C=O) groups is 2. The molecule has 0 aromatic heterocycles. The highest BCUT2D eigenvalue weighted by Gasteiger charge is 2.42. The fourth-order valence-electron chi connectivity index (χ4n) is 2.00. The summed E-state index contributed by atoms with van der Waals surface area (Å²) in [7, 11) is 0. The average Bonchev–Trinajstić information content (AvgIpc) is 2.39. The molecule has 3 nitrogen and oxygen atoms in total. The Morgan fingerprint density at radius 2 is 2.00 bits per heavy atom. The number of rotatable bonds is 2. The molecule has 3 heteroatoms. The molecule has 2 unspecified atom stereocenters. The highest BCUT2D eigenvalue weighted by molar-refractivity contribution is 5.94. The van der Waals surface area contributed by atoms with Gasteiger partial charge < -0.3 is 4.74 Å². The van der Waals surface area contributed by atoms with Gasteiger partial charge in [-0.2, -0.15) is 0 Å². The normalized spacial score (nSPS) is 24.7. The van der Waals surface area contributed by atoms with Crippen LogP contribution in [0.2, 0.25) is 0 Å². The standard InChI is InChI=1S/C12H18O3/c1-5-6-9(12(2,3)4)8-7-10(13)15-11(8)14/h5-6,8-9H,7H2,1-4H3/b6-5-. The van der Waals surface area contributed by atoms with Gasteiger partial charge in [-0.25, -0.2) is 0 Å². The van der Waals surface area contributed by atoms with Crippen LogP contribution in [0.5, 0.6) is 0 Å². The van der Waals surface area contributed by atoms with Crippen molar-refractivity contribution in [2.24, 2.45) is 17.3 Å². The van der Waals surface area contributed by atoms with Gasteiger partial charge in [0.2, 0.25) is 0 Å². The van der Waals surface area contributed by atoms with Crippen molar-refractivity contribution >= 4 is 11.9 Å². The summed E-state index contributed by atoms with van der Waals surface area (Å²) in [6.07, 6.45) is 4.13. The fraction of sp³-hybridized carbons (Fsp3) is 0.667. The Morgan fingerprint density at radius 3 is 2.33 bits per heavy atom. The van der Waals surface area contributed by atoms with E-state index in [4.69, 9.17) is 0 Å². The number of carbonyl (C=O) groups excluding carboxylic acids is 2. The summed E-state index contributed by atoms with van der Waals surface area (Å²) in [4.78, 5) is 22.5. The van der Waals surface area contributed by atoms with E-state index in [1.54, 1.807) is 0 Å². The maximum absolute atomic E-state index is 11.5. The van der Waals surface area contributed by atoms with Gasteiger partial charge in [0.25, 0.3) is 0 Å². The minimum atomic E-state index is -0.399. The van der Waals surface area contributed by atoms with Gasteiger partial charge in [-0.1, -0.05) is 32.9 Å². The van der Waals surface area contributed by atoms with Crippen LogP contribution in [0.25, 0.3) is 0 Å². The SMILES string of the molecule is C/C=C\C(C1CC(=O)OC1=O)C(C)(C)C. The highest BCUT2D eigenvalue weighted by Crippen LogP contribution is 2.38. The minimum absolute atomic E-state index is 0.0409. The summed E-state index contributed by atoms with van der Waals surface area (Å²) < 4.78 is 4.58. The Bertz CT molecular complexity index is 296. The van der Waals surface area contributed by atoms with Crippen molar-refractivity contribution in [1.29, 1.82) is 0 Å². The molecule has 0 radical (unpaired) electrons. The number of esters is 2. The van der Waals surface area contributed by atoms with Crippen LogP contribution in [0.3, 0.4) is 0 Å². The second-order valence-corrected chi connectivity index (χ2v) is 5.02. The quantitative estimate of drug-likeness (QED) is 0.399. The van der Waals surface area contributed by atoms with Gasteiger partial charge >= 0.3 is 11.9 Å². The first-order chi connectivity index (χ1) is 6.86. The minimum Gasteiger partial charge on any atom is -0.393 e. The van der Waals surface area contributed by atoms with Crippen molar-refractivity contribution in [3.05, 3.63) is 12.2 Å². The monoisotopic (exact) mass is 210 g/mol. The lowest BCUT2D eigenvalue weighted by Crippen LogP contribution is -2.29. The third-order valence-corrected chi connectivity index (χ3v) is 2.74. The highest BCUT2D eigenvalue weighted by atomic mass is 16.6. The molecule has 2 atom stereocenters. The third kappa shape index (κ3) is 2.67. The lowest BCUT2D eigenvalue weighted by Gasteiger charge is -2.30. The molecule has 0 bridgehead atoms. The Hall–Kier alpha value is -1.12. The molecule has 1 rings (SSSR count). The Labute approximate surface area is 90.5 Å². The van der Waals surface area contributed by atoms with E-state index in [1.165, 1.54) is 0 Å². The molecule has 0 saturated carbocycles. The molecule has 0 aromatic carbocycles. The maximum atomic E-state index is 11.5. The van der Waals surface area contributed by atoms with Crippen molar-refractivity contribution in [2.45, 2.75) is 34.1 Å². The van der Waals surface area contributed by atoms with Crippen molar-refractivity contribution in [1.82, 2.24) is 0 Å². The van der Waals surface area contributed by atoms with Gasteiger partial charge in [-0.15, -0.1) is 0 Å². The van der Waals surface area contributed by atoms with Crippen LogP contribution < -0.4 is 0 Å². The van der Waals surface area contributed by atoms with Crippen molar-refractivity contribution in [3.8, 4) is 0 Å². The number of cyclic esters (lactones) is 2. The van der Waals surface area contributed by atoms with Gasteiger partial charge in [0.15, 0.2) is 0 Å². The van der Waals surface area contributed by atoms with Gasteiger partial charge in [0.05, 0.1) is 12.3 Å². The topological polar surface area (TPSA) is 43.4 Å². The number of hydrogen-bond acceptors (Lipinski definition) is 3. The maximum Gasteiger partial charge on any atom is 0.317 e. The van der Waals surface area contributed by atoms with Crippen molar-refractivity contribution in [3.63, 3.8) is 0 Å². The molecular weight excluding hydrogens is 192 g/mol. The van der Waals surface area contributed by atoms with E-state index >= 15 is 0 Å². The number of allylic oxidation sites excluding steroid dienone is 2. The van der Waals surface area contributed by atoms with Crippen LogP contribution in [0.15, 0.2) is 12.2 Å². The Balaban J connectivity index is 2.91. The van der Waals surface area contributed by atoms with Crippen LogP contribution in [-0.4, -0.2) is 11.9 Å². The molecule has 0 spiro atoms. The number of ether oxygens (including phenoxy) is 1. The van der Waals surface area contributed by atoms with Crippen LogP contribution in [-0.2, 0) is 14.3 Å². The predicted octanol–water partition coefficient (Wildman–Crippen LogP) is 2.31. The van der Waals surface area contributed by atoms with Gasteiger partial charge in [-0.3, -0.25) is 9.59 Å². The first-order valence-corrected chi connectivity index (χ1v) is 5.23. The van der Waals surface area contributed by atoms with E-state index in [9.17, 15) is 9.59 Å². The molecule has 1 aliphatic heterocycles. The van der Waals surface area contributed by atoms with Crippen LogP contribution >= 0.6 is 0 Å². The van der Waals surface area contributed by atoms with Gasteiger partial charge in [0, 0.05) is 0 Å². The van der Waals surface area contributed by atoms with E-state index in [0.29, 0.717) is 0 Å². The summed E-state index contributed by atoms with van der Waals surface area (Å²) in [5.74, 6) is -1.03. The van der Waals surface area contributed by atoms with Gasteiger partial charge in [-0.05, 0) is 18.3 Å². The first-order valence-electron chi connectivity index (χ1n) is 5.23. The first kappa shape index (κ1) is 12.0. The van der Waals surface area contributed by atoms with Gasteiger partial charge in [0.1, 0.15) is 0 Å². The van der Waals surface area contributed by atoms with Crippen LogP contribution in [0.4, 0.5) is 0 Å². The molecule has 0 amide bonds. The Morgan fingerprint density at radius 1 is 1.40 bits per heavy atom. The Kier molecular flexibility index (Phi) is 3.32. The predicted molar refractivity (Wildman–Crippen MR) is 57.0 cm³/mol. The molecular formula is C12H18O3. The zero-order chi connectivity index (χ0) is 11.6. The zero-order valence-corrected chi connectivity index (χ0v) is 9.74. The van der Waals surface area contributed by atoms with Crippen LogP contribution in [0.1, 0.15) is 34.1 Å². The molecule has 15 heavy (non-hydrogen) atoms. The van der Waals surface area contributed by atoms with Crippen LogP contribution in [0, 0.1) is 17.3 Å². The summed E-state index contributed by atoms with van der Waals surface area (Å²) in [5.41, 5.74) is -0.0409. The molecule has 0 N–H and O–H groups in total. The van der Waals surface area contributed by atoms with E-state index in [2.05, 4.69) is 25.5 Å². The van der Waals surface area contributed by atoms with E-state index in [0.717, 1.165) is 0 Å². The lowest BCUT2D eigenvalue weighted by molar-refractivity contribution is -0.153. The van der Waals surface area contributed by atoms with Crippen molar-refractivity contribution in [2.75, 3.05) is 0 Å². The third-order valence-electron chi connectivity index (χ3n) is 2.74. The number of hydrogen-bond donors (Lipinski definition) is 0. The molecule has 0 aliphatic carbocycles. The molecule has 1 saturated heterocycles. The van der Waals surface area contributed by atoms with E-state index in [-0.39, 0.29) is 29.6 Å². The van der Waals surface area contributed by atoms with Crippen molar-refractivity contribution < 1.29 is 14.3 Å². The summed E-state index contributed by atoms with van der Waals surface area (Å²) in [6, 6.07) is 0. The van der Waals surface area contributed by atoms with E-state index in [1.807, 2.05) is 19.1 Å². The molecule has 1 fully saturated rings. The molecule has 0 aromatic rings. The lowest BCUT2D eigenvalue weighted by atomic mass is 9.72. The fourth-order valence-corrected chi connectivity index (χ4v) is 2.00. The zero-order valence-electron chi connectivity index (χ0n) is 9.74. The second-order valence-electron chi connectivity index (χ2n) is 5.02. The molecule has 1 aliphatic rings. The largest absolute Gasteiger partial charge is 0.393 e. The van der Waals surface area contributed by atoms with E-state index < -0.39 is 5.97 Å². The second kappa shape index (κ2) is 4.17. The molecule has 84 valence electrons. The molecule has 1 heterocycles. The smallest absolute Gasteiger partial charge is 0.317 e. The summed E-state index contributed by atoms with van der Waals surface area (Å²) >= 11 is 0.